The Morgan fingerprint density at radius 3 is 1.74 bits per heavy atom. The first-order chi connectivity index (χ1) is 13.0. The molecule has 0 radical (unpaired) electrons. The molecule has 0 aliphatic carbocycles. The van der Waals surface area contributed by atoms with Gasteiger partial charge >= 0.3 is 6.03 Å². The highest BCUT2D eigenvalue weighted by Gasteiger charge is 2.06. The van der Waals surface area contributed by atoms with Gasteiger partial charge in [-0.1, -0.05) is 11.8 Å². The number of amides is 2. The summed E-state index contributed by atoms with van der Waals surface area (Å²) in [5.74, 6) is -0.373. The number of carbonyl (C=O) groups excluding carboxylic acids is 1. The lowest BCUT2D eigenvalue weighted by Gasteiger charge is -2.08. The number of benzene rings is 3. The van der Waals surface area contributed by atoms with Crippen LogP contribution in [0.3, 0.4) is 0 Å². The van der Waals surface area contributed by atoms with Crippen LogP contribution >= 0.6 is 11.8 Å². The van der Waals surface area contributed by atoms with Crippen LogP contribution in [0, 0.1) is 15.9 Å². The number of anilines is 2. The van der Waals surface area contributed by atoms with Gasteiger partial charge in [0.15, 0.2) is 0 Å². The summed E-state index contributed by atoms with van der Waals surface area (Å²) < 4.78 is 12.9. The summed E-state index contributed by atoms with van der Waals surface area (Å²) in [6.07, 6.45) is 0. The lowest BCUT2D eigenvalue weighted by atomic mass is 10.3. The van der Waals surface area contributed by atoms with Crippen molar-refractivity contribution in [3.8, 4) is 0 Å². The van der Waals surface area contributed by atoms with E-state index in [-0.39, 0.29) is 11.5 Å². The number of urea groups is 1. The van der Waals surface area contributed by atoms with E-state index in [1.165, 1.54) is 48.2 Å². The SMILES string of the molecule is O=C(Nc1ccc(F)cc1)Nc1ccc(Sc2ccc([N+](=O)[O-])cc2)cc1. The molecule has 27 heavy (non-hydrogen) atoms. The third kappa shape index (κ3) is 5.29. The number of hydrogen-bond donors (Lipinski definition) is 2. The predicted molar refractivity (Wildman–Crippen MR) is 103 cm³/mol. The number of halogens is 1. The molecule has 0 atom stereocenters. The topological polar surface area (TPSA) is 84.3 Å². The van der Waals surface area contributed by atoms with Crippen molar-refractivity contribution in [3.05, 3.63) is 88.7 Å². The van der Waals surface area contributed by atoms with Gasteiger partial charge in [-0.3, -0.25) is 10.1 Å². The van der Waals surface area contributed by atoms with Crippen LogP contribution in [-0.4, -0.2) is 11.0 Å². The van der Waals surface area contributed by atoms with Crippen LogP contribution in [0.25, 0.3) is 0 Å². The van der Waals surface area contributed by atoms with Crippen LogP contribution in [0.2, 0.25) is 0 Å². The van der Waals surface area contributed by atoms with Crippen molar-refractivity contribution in [3.63, 3.8) is 0 Å². The number of carbonyl (C=O) groups is 1. The van der Waals surface area contributed by atoms with Crippen LogP contribution < -0.4 is 10.6 Å². The fourth-order valence-corrected chi connectivity index (χ4v) is 3.02. The summed E-state index contributed by atoms with van der Waals surface area (Å²) >= 11 is 1.45. The number of nitrogens with one attached hydrogen (secondary N) is 2. The molecule has 0 unspecified atom stereocenters. The predicted octanol–water partition coefficient (Wildman–Crippen LogP) is 5.53. The van der Waals surface area contributed by atoms with Gasteiger partial charge < -0.3 is 10.6 Å². The lowest BCUT2D eigenvalue weighted by Crippen LogP contribution is -2.19. The molecular formula is C19H14FN3O3S. The average Bonchev–Trinajstić information content (AvgIpc) is 2.66. The zero-order valence-electron chi connectivity index (χ0n) is 13.9. The molecule has 0 fully saturated rings. The smallest absolute Gasteiger partial charge is 0.308 e. The van der Waals surface area contributed by atoms with E-state index in [1.54, 1.807) is 24.3 Å². The van der Waals surface area contributed by atoms with Gasteiger partial charge in [-0.15, -0.1) is 0 Å². The summed E-state index contributed by atoms with van der Waals surface area (Å²) in [4.78, 5) is 24.0. The molecule has 0 spiro atoms. The zero-order chi connectivity index (χ0) is 19.2. The van der Waals surface area contributed by atoms with Crippen molar-refractivity contribution < 1.29 is 14.1 Å². The van der Waals surface area contributed by atoms with E-state index >= 15 is 0 Å². The molecule has 0 saturated carbocycles. The molecule has 0 heterocycles. The van der Waals surface area contributed by atoms with Gasteiger partial charge in [-0.05, 0) is 60.7 Å². The Hall–Kier alpha value is -3.39. The third-order valence-corrected chi connectivity index (χ3v) is 4.51. The molecule has 0 saturated heterocycles. The molecule has 3 aromatic rings. The fourth-order valence-electron chi connectivity index (χ4n) is 2.20. The van der Waals surface area contributed by atoms with Crippen molar-refractivity contribution in [1.82, 2.24) is 0 Å². The van der Waals surface area contributed by atoms with E-state index in [4.69, 9.17) is 0 Å². The maximum absolute atomic E-state index is 12.9. The second-order valence-electron chi connectivity index (χ2n) is 5.46. The van der Waals surface area contributed by atoms with E-state index in [0.29, 0.717) is 11.4 Å². The number of nitro groups is 1. The molecule has 3 rings (SSSR count). The summed E-state index contributed by atoms with van der Waals surface area (Å²) in [5, 5.41) is 16.0. The largest absolute Gasteiger partial charge is 0.323 e. The minimum Gasteiger partial charge on any atom is -0.308 e. The van der Waals surface area contributed by atoms with Gasteiger partial charge in [0.2, 0.25) is 0 Å². The van der Waals surface area contributed by atoms with Gasteiger partial charge in [0.1, 0.15) is 5.82 Å². The summed E-state index contributed by atoms with van der Waals surface area (Å²) in [6.45, 7) is 0. The van der Waals surface area contributed by atoms with Crippen molar-refractivity contribution >= 4 is 34.9 Å². The highest BCUT2D eigenvalue weighted by atomic mass is 32.2. The molecule has 3 aromatic carbocycles. The fraction of sp³-hybridized carbons (Fsp3) is 0. The summed E-state index contributed by atoms with van der Waals surface area (Å²) in [7, 11) is 0. The number of hydrogen-bond acceptors (Lipinski definition) is 4. The van der Waals surface area contributed by atoms with Gasteiger partial charge in [0.25, 0.3) is 5.69 Å². The van der Waals surface area contributed by atoms with Crippen LogP contribution in [0.4, 0.5) is 26.2 Å². The van der Waals surface area contributed by atoms with Crippen molar-refractivity contribution in [2.24, 2.45) is 0 Å². The quantitative estimate of drug-likeness (QED) is 0.448. The molecule has 0 aliphatic rings. The highest BCUT2D eigenvalue weighted by molar-refractivity contribution is 7.99. The average molecular weight is 383 g/mol. The monoisotopic (exact) mass is 383 g/mol. The molecule has 0 aromatic heterocycles. The number of nitrogens with zero attached hydrogens (tertiary/aromatic N) is 1. The molecular weight excluding hydrogens is 369 g/mol. The Balaban J connectivity index is 1.57. The highest BCUT2D eigenvalue weighted by Crippen LogP contribution is 2.29. The van der Waals surface area contributed by atoms with Crippen molar-refractivity contribution in [2.75, 3.05) is 10.6 Å². The molecule has 2 N–H and O–H groups in total. The standard InChI is InChI=1S/C19H14FN3O3S/c20-13-1-3-14(4-2-13)21-19(24)22-15-5-9-17(10-6-15)27-18-11-7-16(8-12-18)23(25)26/h1-12H,(H2,21,22,24). The Labute approximate surface area is 158 Å². The Bertz CT molecular complexity index is 945. The molecule has 2 amide bonds. The molecule has 0 aliphatic heterocycles. The zero-order valence-corrected chi connectivity index (χ0v) is 14.7. The maximum Gasteiger partial charge on any atom is 0.323 e. The Kier molecular flexibility index (Phi) is 5.68. The second kappa shape index (κ2) is 8.33. The first-order valence-electron chi connectivity index (χ1n) is 7.85. The maximum atomic E-state index is 12.9. The molecule has 136 valence electrons. The van der Waals surface area contributed by atoms with Gasteiger partial charge in [-0.2, -0.15) is 0 Å². The van der Waals surface area contributed by atoms with Crippen molar-refractivity contribution in [1.29, 1.82) is 0 Å². The van der Waals surface area contributed by atoms with E-state index < -0.39 is 11.0 Å². The summed E-state index contributed by atoms with van der Waals surface area (Å²) in [5.41, 5.74) is 1.13. The summed E-state index contributed by atoms with van der Waals surface area (Å²) in [6, 6.07) is 18.5. The minimum absolute atomic E-state index is 0.0473. The third-order valence-electron chi connectivity index (χ3n) is 3.50. The van der Waals surface area contributed by atoms with Crippen LogP contribution in [-0.2, 0) is 0 Å². The first-order valence-corrected chi connectivity index (χ1v) is 8.67. The number of non-ortho nitro benzene ring substituents is 1. The van der Waals surface area contributed by atoms with E-state index in [0.717, 1.165) is 9.79 Å². The second-order valence-corrected chi connectivity index (χ2v) is 6.61. The van der Waals surface area contributed by atoms with E-state index in [9.17, 15) is 19.3 Å². The molecule has 0 bridgehead atoms. The van der Waals surface area contributed by atoms with E-state index in [1.807, 2.05) is 12.1 Å². The lowest BCUT2D eigenvalue weighted by molar-refractivity contribution is -0.384. The molecule has 8 heteroatoms. The van der Waals surface area contributed by atoms with Crippen LogP contribution in [0.1, 0.15) is 0 Å². The number of rotatable bonds is 5. The van der Waals surface area contributed by atoms with Crippen LogP contribution in [0.5, 0.6) is 0 Å². The number of nitro benzene ring substituents is 1. The normalized spacial score (nSPS) is 10.3. The minimum atomic E-state index is -0.439. The van der Waals surface area contributed by atoms with Gasteiger partial charge in [0.05, 0.1) is 4.92 Å². The van der Waals surface area contributed by atoms with Gasteiger partial charge in [0, 0.05) is 33.3 Å². The van der Waals surface area contributed by atoms with Crippen LogP contribution in [0.15, 0.2) is 82.6 Å². The van der Waals surface area contributed by atoms with E-state index in [2.05, 4.69) is 10.6 Å². The molecule has 6 nitrogen and oxygen atoms in total. The van der Waals surface area contributed by atoms with Gasteiger partial charge in [-0.25, -0.2) is 9.18 Å². The first kappa shape index (κ1) is 18.4. The Morgan fingerprint density at radius 2 is 1.26 bits per heavy atom. The Morgan fingerprint density at radius 1 is 0.815 bits per heavy atom. The van der Waals surface area contributed by atoms with Crippen molar-refractivity contribution in [2.45, 2.75) is 9.79 Å².